The molecule has 3 heteroatoms. The van der Waals surface area contributed by atoms with Gasteiger partial charge in [-0.25, -0.2) is 0 Å². The Hall–Kier alpha value is -2.88. The molecule has 4 aromatic rings. The number of aliphatic hydroxyl groups is 1. The summed E-state index contributed by atoms with van der Waals surface area (Å²) in [5.74, 6) is 0.797. The van der Waals surface area contributed by atoms with E-state index < -0.39 is 6.10 Å². The van der Waals surface area contributed by atoms with E-state index in [0.29, 0.717) is 6.54 Å². The average Bonchev–Trinajstić information content (AvgIpc) is 3.15. The molecule has 5 rings (SSSR count). The van der Waals surface area contributed by atoms with Gasteiger partial charge >= 0.3 is 0 Å². The zero-order valence-corrected chi connectivity index (χ0v) is 20.7. The quantitative estimate of drug-likeness (QED) is 0.353. The molecule has 3 aromatic carbocycles. The number of hydrogen-bond acceptors (Lipinski definition) is 2. The summed E-state index contributed by atoms with van der Waals surface area (Å²) in [7, 11) is 0. The highest BCUT2D eigenvalue weighted by molar-refractivity contribution is 6.06. The highest BCUT2D eigenvalue weighted by Crippen LogP contribution is 2.42. The monoisotopic (exact) mass is 452 g/mol. The third kappa shape index (κ3) is 4.55. The van der Waals surface area contributed by atoms with Crippen LogP contribution in [0.4, 0.5) is 0 Å². The van der Waals surface area contributed by atoms with Gasteiger partial charge in [-0.3, -0.25) is 0 Å². The minimum Gasteiger partial charge on any atom is -0.390 e. The standard InChI is InChI=1S/C31H36N2O/c1-22-14-16-32(17-15-22)20-27(34)21-33-30-24(3)18-23(2)19-28(30)29(25-10-6-4-7-11-25)31(33)26-12-8-5-9-13-26/h4-13,18-19,22,27,34H,14-17,20-21H2,1-3H3. The molecule has 176 valence electrons. The lowest BCUT2D eigenvalue weighted by atomic mass is 9.97. The number of piperidine rings is 1. The highest BCUT2D eigenvalue weighted by Gasteiger charge is 2.24. The molecule has 0 aliphatic carbocycles. The van der Waals surface area contributed by atoms with Gasteiger partial charge < -0.3 is 14.6 Å². The van der Waals surface area contributed by atoms with Gasteiger partial charge in [0, 0.05) is 17.5 Å². The van der Waals surface area contributed by atoms with Crippen molar-refractivity contribution in [1.29, 1.82) is 0 Å². The normalized spacial score (nSPS) is 16.2. The van der Waals surface area contributed by atoms with Crippen molar-refractivity contribution in [3.63, 3.8) is 0 Å². The summed E-state index contributed by atoms with van der Waals surface area (Å²) in [4.78, 5) is 2.44. The van der Waals surface area contributed by atoms with Gasteiger partial charge in [-0.15, -0.1) is 0 Å². The summed E-state index contributed by atoms with van der Waals surface area (Å²) in [5, 5.41) is 12.6. The topological polar surface area (TPSA) is 28.4 Å². The Morgan fingerprint density at radius 2 is 1.47 bits per heavy atom. The Morgan fingerprint density at radius 1 is 0.853 bits per heavy atom. The summed E-state index contributed by atoms with van der Waals surface area (Å²) in [6, 6.07) is 26.0. The van der Waals surface area contributed by atoms with E-state index in [0.717, 1.165) is 25.6 Å². The van der Waals surface area contributed by atoms with Gasteiger partial charge in [0.05, 0.1) is 23.9 Å². The minimum atomic E-state index is -0.421. The van der Waals surface area contributed by atoms with Crippen molar-refractivity contribution in [3.05, 3.63) is 83.9 Å². The molecule has 0 amide bonds. The fraction of sp³-hybridized carbons (Fsp3) is 0.355. The van der Waals surface area contributed by atoms with Crippen LogP contribution in [-0.2, 0) is 6.54 Å². The zero-order valence-electron chi connectivity index (χ0n) is 20.7. The van der Waals surface area contributed by atoms with E-state index in [2.05, 4.69) is 103 Å². The van der Waals surface area contributed by atoms with Gasteiger partial charge in [-0.05, 0) is 68.5 Å². The molecule has 1 aliphatic rings. The molecule has 3 nitrogen and oxygen atoms in total. The van der Waals surface area contributed by atoms with Gasteiger partial charge in [0.15, 0.2) is 0 Å². The van der Waals surface area contributed by atoms with Crippen LogP contribution in [-0.4, -0.2) is 40.3 Å². The van der Waals surface area contributed by atoms with Crippen molar-refractivity contribution >= 4 is 10.9 Å². The summed E-state index contributed by atoms with van der Waals surface area (Å²) >= 11 is 0. The molecule has 0 saturated carbocycles. The van der Waals surface area contributed by atoms with Gasteiger partial charge in [-0.2, -0.15) is 0 Å². The average molecular weight is 453 g/mol. The maximum Gasteiger partial charge on any atom is 0.0845 e. The Kier molecular flexibility index (Phi) is 6.58. The number of aromatic nitrogens is 1. The first-order chi connectivity index (χ1) is 16.5. The number of β-amino-alcohol motifs (C(OH)–C–C–N with tert-alkyl or cyclic N) is 1. The molecule has 34 heavy (non-hydrogen) atoms. The van der Waals surface area contributed by atoms with E-state index in [9.17, 15) is 5.11 Å². The van der Waals surface area contributed by atoms with Gasteiger partial charge in [0.1, 0.15) is 0 Å². The molecule has 1 aromatic heterocycles. The molecular weight excluding hydrogens is 416 g/mol. The predicted octanol–water partition coefficient (Wildman–Crippen LogP) is 6.68. The first-order valence-corrected chi connectivity index (χ1v) is 12.7. The first-order valence-electron chi connectivity index (χ1n) is 12.7. The van der Waals surface area contributed by atoms with E-state index in [1.165, 1.54) is 57.3 Å². The zero-order chi connectivity index (χ0) is 23.7. The van der Waals surface area contributed by atoms with Crippen LogP contribution in [0.15, 0.2) is 72.8 Å². The first kappa shape index (κ1) is 22.9. The van der Waals surface area contributed by atoms with Crippen molar-refractivity contribution in [2.45, 2.75) is 46.3 Å². The highest BCUT2D eigenvalue weighted by atomic mass is 16.3. The minimum absolute atomic E-state index is 0.421. The maximum absolute atomic E-state index is 11.3. The largest absolute Gasteiger partial charge is 0.390 e. The van der Waals surface area contributed by atoms with Crippen LogP contribution in [0, 0.1) is 19.8 Å². The van der Waals surface area contributed by atoms with Crippen LogP contribution in [0.2, 0.25) is 0 Å². The van der Waals surface area contributed by atoms with Crippen LogP contribution >= 0.6 is 0 Å². The van der Waals surface area contributed by atoms with E-state index >= 15 is 0 Å². The molecule has 0 spiro atoms. The summed E-state index contributed by atoms with van der Waals surface area (Å²) < 4.78 is 2.39. The number of aliphatic hydroxyl groups excluding tert-OH is 1. The summed E-state index contributed by atoms with van der Waals surface area (Å²) in [6.07, 6.45) is 2.03. The Morgan fingerprint density at radius 3 is 2.12 bits per heavy atom. The number of benzene rings is 3. The Bertz CT molecular complexity index is 1250. The number of aryl methyl sites for hydroxylation is 2. The predicted molar refractivity (Wildman–Crippen MR) is 143 cm³/mol. The number of hydrogen-bond donors (Lipinski definition) is 1. The van der Waals surface area contributed by atoms with Crippen molar-refractivity contribution in [3.8, 4) is 22.4 Å². The molecule has 1 unspecified atom stereocenters. The molecule has 1 atom stereocenters. The van der Waals surface area contributed by atoms with Gasteiger partial charge in [-0.1, -0.05) is 79.2 Å². The second-order valence-electron chi connectivity index (χ2n) is 10.2. The second-order valence-corrected chi connectivity index (χ2v) is 10.2. The van der Waals surface area contributed by atoms with Crippen LogP contribution in [0.3, 0.4) is 0 Å². The number of nitrogens with zero attached hydrogens (tertiary/aromatic N) is 2. The van der Waals surface area contributed by atoms with Gasteiger partial charge in [0.25, 0.3) is 0 Å². The van der Waals surface area contributed by atoms with Crippen molar-refractivity contribution < 1.29 is 5.11 Å². The summed E-state index contributed by atoms with van der Waals surface area (Å²) in [5.41, 5.74) is 8.61. The van der Waals surface area contributed by atoms with E-state index in [1.54, 1.807) is 0 Å². The number of rotatable bonds is 6. The SMILES string of the molecule is Cc1cc(C)c2c(c1)c(-c1ccccc1)c(-c1ccccc1)n2CC(O)CN1CCC(C)CC1. The lowest BCUT2D eigenvalue weighted by molar-refractivity contribution is 0.0812. The second kappa shape index (κ2) is 9.77. The maximum atomic E-state index is 11.3. The fourth-order valence-electron chi connectivity index (χ4n) is 5.67. The molecular formula is C31H36N2O. The lowest BCUT2D eigenvalue weighted by Gasteiger charge is -2.32. The summed E-state index contributed by atoms with van der Waals surface area (Å²) in [6.45, 7) is 10.2. The smallest absolute Gasteiger partial charge is 0.0845 e. The molecule has 0 radical (unpaired) electrons. The van der Waals surface area contributed by atoms with Crippen molar-refractivity contribution in [2.75, 3.05) is 19.6 Å². The molecule has 1 aliphatic heterocycles. The van der Waals surface area contributed by atoms with Crippen molar-refractivity contribution in [2.24, 2.45) is 5.92 Å². The Balaban J connectivity index is 1.66. The number of fused-ring (bicyclic) bond motifs is 1. The van der Waals surface area contributed by atoms with E-state index in [4.69, 9.17) is 0 Å². The van der Waals surface area contributed by atoms with Crippen molar-refractivity contribution in [1.82, 2.24) is 9.47 Å². The van der Waals surface area contributed by atoms with Crippen LogP contribution < -0.4 is 0 Å². The molecule has 1 N–H and O–H groups in total. The van der Waals surface area contributed by atoms with E-state index in [1.807, 2.05) is 0 Å². The van der Waals surface area contributed by atoms with Crippen LogP contribution in [0.1, 0.15) is 30.9 Å². The number of likely N-dealkylation sites (tertiary alicyclic amines) is 1. The van der Waals surface area contributed by atoms with E-state index in [-0.39, 0.29) is 0 Å². The molecule has 1 fully saturated rings. The molecule has 0 bridgehead atoms. The molecule has 1 saturated heterocycles. The van der Waals surface area contributed by atoms with Crippen LogP contribution in [0.5, 0.6) is 0 Å². The Labute approximate surface area is 203 Å². The fourth-order valence-corrected chi connectivity index (χ4v) is 5.67. The van der Waals surface area contributed by atoms with Gasteiger partial charge in [0.2, 0.25) is 0 Å². The third-order valence-corrected chi connectivity index (χ3v) is 7.34. The third-order valence-electron chi connectivity index (χ3n) is 7.34. The van der Waals surface area contributed by atoms with Crippen LogP contribution in [0.25, 0.3) is 33.3 Å². The lowest BCUT2D eigenvalue weighted by Crippen LogP contribution is -2.39. The molecule has 2 heterocycles.